The second-order valence-corrected chi connectivity index (χ2v) is 6.83. The topological polar surface area (TPSA) is 46.3 Å². The first-order valence-corrected chi connectivity index (χ1v) is 8.90. The van der Waals surface area contributed by atoms with Crippen molar-refractivity contribution in [1.29, 1.82) is 0 Å². The Kier molecular flexibility index (Phi) is 5.11. The maximum atomic E-state index is 12.4. The molecule has 1 amide bonds. The zero-order valence-corrected chi connectivity index (χ0v) is 15.0. The standard InChI is InChI=1S/C18H17ClN2O2S/c1-12(13-6-4-3-5-7-13)21(2)17(22)11-24-18-20-15-10-14(19)8-9-16(15)23-18/h3-10,12H,11H2,1-2H3/t12-/m0/s1. The van der Waals surface area contributed by atoms with Gasteiger partial charge >= 0.3 is 0 Å². The molecule has 0 unspecified atom stereocenters. The van der Waals surface area contributed by atoms with Gasteiger partial charge in [0.15, 0.2) is 5.58 Å². The van der Waals surface area contributed by atoms with Crippen LogP contribution in [0.4, 0.5) is 0 Å². The lowest BCUT2D eigenvalue weighted by Gasteiger charge is -2.25. The summed E-state index contributed by atoms with van der Waals surface area (Å²) in [6, 6.07) is 15.2. The van der Waals surface area contributed by atoms with Crippen LogP contribution in [0, 0.1) is 0 Å². The highest BCUT2D eigenvalue weighted by molar-refractivity contribution is 7.99. The quantitative estimate of drug-likeness (QED) is 0.613. The van der Waals surface area contributed by atoms with Crippen LogP contribution in [0.2, 0.25) is 5.02 Å². The lowest BCUT2D eigenvalue weighted by Crippen LogP contribution is -2.31. The number of halogens is 1. The number of benzene rings is 2. The molecule has 0 aliphatic carbocycles. The van der Waals surface area contributed by atoms with E-state index in [9.17, 15) is 4.79 Å². The Balaban J connectivity index is 1.63. The Morgan fingerprint density at radius 3 is 2.79 bits per heavy atom. The van der Waals surface area contributed by atoms with E-state index in [1.165, 1.54) is 11.8 Å². The fourth-order valence-electron chi connectivity index (χ4n) is 2.34. The van der Waals surface area contributed by atoms with Crippen molar-refractivity contribution in [3.05, 3.63) is 59.1 Å². The number of hydrogen-bond acceptors (Lipinski definition) is 4. The highest BCUT2D eigenvalue weighted by Gasteiger charge is 2.18. The monoisotopic (exact) mass is 360 g/mol. The summed E-state index contributed by atoms with van der Waals surface area (Å²) in [7, 11) is 1.81. The number of rotatable bonds is 5. The second-order valence-electron chi connectivity index (χ2n) is 5.47. The summed E-state index contributed by atoms with van der Waals surface area (Å²) in [5, 5.41) is 1.08. The van der Waals surface area contributed by atoms with Gasteiger partial charge in [-0.1, -0.05) is 53.7 Å². The number of hydrogen-bond donors (Lipinski definition) is 0. The summed E-state index contributed by atoms with van der Waals surface area (Å²) in [5.74, 6) is 0.297. The molecular formula is C18H17ClN2O2S. The first-order chi connectivity index (χ1) is 11.5. The van der Waals surface area contributed by atoms with E-state index in [0.29, 0.717) is 21.3 Å². The number of fused-ring (bicyclic) bond motifs is 1. The van der Waals surface area contributed by atoms with Crippen molar-refractivity contribution in [3.8, 4) is 0 Å². The van der Waals surface area contributed by atoms with Gasteiger partial charge in [0.1, 0.15) is 5.52 Å². The zero-order chi connectivity index (χ0) is 17.1. The Labute approximate surface area is 149 Å². The molecule has 2 aromatic carbocycles. The third kappa shape index (κ3) is 3.74. The van der Waals surface area contributed by atoms with E-state index in [0.717, 1.165) is 5.56 Å². The number of nitrogens with zero attached hydrogens (tertiary/aromatic N) is 2. The molecule has 0 fully saturated rings. The SMILES string of the molecule is C[C@@H](c1ccccc1)N(C)C(=O)CSc1nc2cc(Cl)ccc2o1. The molecule has 0 radical (unpaired) electrons. The molecule has 4 nitrogen and oxygen atoms in total. The summed E-state index contributed by atoms with van der Waals surface area (Å²) < 4.78 is 5.62. The van der Waals surface area contributed by atoms with Gasteiger partial charge in [0, 0.05) is 12.1 Å². The van der Waals surface area contributed by atoms with Crippen molar-refractivity contribution in [2.45, 2.75) is 18.2 Å². The summed E-state index contributed by atoms with van der Waals surface area (Å²) in [6.07, 6.45) is 0. The highest BCUT2D eigenvalue weighted by Crippen LogP contribution is 2.26. The van der Waals surface area contributed by atoms with Gasteiger partial charge in [0.05, 0.1) is 11.8 Å². The third-order valence-electron chi connectivity index (χ3n) is 3.91. The molecule has 1 heterocycles. The normalized spacial score (nSPS) is 12.3. The highest BCUT2D eigenvalue weighted by atomic mass is 35.5. The van der Waals surface area contributed by atoms with Gasteiger partial charge in [-0.05, 0) is 30.7 Å². The average molecular weight is 361 g/mol. The fourth-order valence-corrected chi connectivity index (χ4v) is 3.27. The van der Waals surface area contributed by atoms with Crippen LogP contribution in [0.15, 0.2) is 58.2 Å². The molecule has 0 spiro atoms. The molecule has 1 aromatic heterocycles. The Morgan fingerprint density at radius 2 is 2.04 bits per heavy atom. The Morgan fingerprint density at radius 1 is 1.29 bits per heavy atom. The van der Waals surface area contributed by atoms with Crippen molar-refractivity contribution < 1.29 is 9.21 Å². The summed E-state index contributed by atoms with van der Waals surface area (Å²) in [6.45, 7) is 2.01. The molecule has 0 saturated carbocycles. The van der Waals surface area contributed by atoms with Gasteiger partial charge in [-0.2, -0.15) is 0 Å². The maximum absolute atomic E-state index is 12.4. The number of aromatic nitrogens is 1. The zero-order valence-electron chi connectivity index (χ0n) is 13.4. The minimum absolute atomic E-state index is 0.0155. The molecule has 0 N–H and O–H groups in total. The van der Waals surface area contributed by atoms with Crippen LogP contribution in [0.25, 0.3) is 11.1 Å². The number of amides is 1. The number of oxazole rings is 1. The fraction of sp³-hybridized carbons (Fsp3) is 0.222. The number of carbonyl (C=O) groups excluding carboxylic acids is 1. The molecule has 0 bridgehead atoms. The average Bonchev–Trinajstić information content (AvgIpc) is 3.01. The van der Waals surface area contributed by atoms with Crippen LogP contribution in [-0.2, 0) is 4.79 Å². The van der Waals surface area contributed by atoms with Crippen molar-refractivity contribution in [1.82, 2.24) is 9.88 Å². The molecule has 124 valence electrons. The van der Waals surface area contributed by atoms with Gasteiger partial charge in [-0.3, -0.25) is 4.79 Å². The van der Waals surface area contributed by atoms with Crippen molar-refractivity contribution in [2.75, 3.05) is 12.8 Å². The molecule has 0 aliphatic rings. The smallest absolute Gasteiger partial charge is 0.257 e. The molecule has 1 atom stereocenters. The molecular weight excluding hydrogens is 344 g/mol. The van der Waals surface area contributed by atoms with Crippen molar-refractivity contribution in [3.63, 3.8) is 0 Å². The second kappa shape index (κ2) is 7.28. The lowest BCUT2D eigenvalue weighted by atomic mass is 10.1. The molecule has 24 heavy (non-hydrogen) atoms. The Hall–Kier alpha value is -1.98. The minimum Gasteiger partial charge on any atom is -0.431 e. The van der Waals surface area contributed by atoms with Gasteiger partial charge < -0.3 is 9.32 Å². The van der Waals surface area contributed by atoms with E-state index in [1.54, 1.807) is 23.1 Å². The van der Waals surface area contributed by atoms with Crippen LogP contribution in [-0.4, -0.2) is 28.6 Å². The summed E-state index contributed by atoms with van der Waals surface area (Å²) in [4.78, 5) is 18.5. The predicted octanol–water partition coefficient (Wildman–Crippen LogP) is 4.79. The molecule has 0 aliphatic heterocycles. The van der Waals surface area contributed by atoms with Crippen molar-refractivity contribution >= 4 is 40.4 Å². The number of carbonyl (C=O) groups is 1. The minimum atomic E-state index is 0.0155. The van der Waals surface area contributed by atoms with Gasteiger partial charge in [0.2, 0.25) is 5.91 Å². The first-order valence-electron chi connectivity index (χ1n) is 7.54. The van der Waals surface area contributed by atoms with E-state index < -0.39 is 0 Å². The van der Waals surface area contributed by atoms with E-state index in [-0.39, 0.29) is 17.7 Å². The molecule has 6 heteroatoms. The largest absolute Gasteiger partial charge is 0.431 e. The van der Waals surface area contributed by atoms with E-state index in [2.05, 4.69) is 4.98 Å². The van der Waals surface area contributed by atoms with Crippen molar-refractivity contribution in [2.24, 2.45) is 0 Å². The summed E-state index contributed by atoms with van der Waals surface area (Å²) >= 11 is 7.23. The van der Waals surface area contributed by atoms with Crippen LogP contribution in [0.1, 0.15) is 18.5 Å². The van der Waals surface area contributed by atoms with Crippen LogP contribution >= 0.6 is 23.4 Å². The molecule has 3 aromatic rings. The third-order valence-corrected chi connectivity index (χ3v) is 4.95. The lowest BCUT2D eigenvalue weighted by molar-refractivity contribution is -0.128. The summed E-state index contributed by atoms with van der Waals surface area (Å²) in [5.41, 5.74) is 2.47. The Bertz CT molecular complexity index is 851. The van der Waals surface area contributed by atoms with E-state index in [1.807, 2.05) is 44.3 Å². The van der Waals surface area contributed by atoms with Crippen LogP contribution < -0.4 is 0 Å². The maximum Gasteiger partial charge on any atom is 0.257 e. The van der Waals surface area contributed by atoms with Gasteiger partial charge in [-0.25, -0.2) is 4.98 Å². The van der Waals surface area contributed by atoms with Crippen LogP contribution in [0.5, 0.6) is 0 Å². The molecule has 3 rings (SSSR count). The number of thioether (sulfide) groups is 1. The predicted molar refractivity (Wildman–Crippen MR) is 97.4 cm³/mol. The van der Waals surface area contributed by atoms with Gasteiger partial charge in [0.25, 0.3) is 5.22 Å². The van der Waals surface area contributed by atoms with E-state index in [4.69, 9.17) is 16.0 Å². The molecule has 0 saturated heterocycles. The first kappa shape index (κ1) is 16.9. The van der Waals surface area contributed by atoms with Crippen LogP contribution in [0.3, 0.4) is 0 Å². The van der Waals surface area contributed by atoms with E-state index >= 15 is 0 Å². The van der Waals surface area contributed by atoms with Gasteiger partial charge in [-0.15, -0.1) is 0 Å².